The first-order valence-corrected chi connectivity index (χ1v) is 6.00. The number of nitrogens with two attached hydrogens (primary N) is 1. The molecule has 0 unspecified atom stereocenters. The van der Waals surface area contributed by atoms with Crippen LogP contribution in [0.1, 0.15) is 5.56 Å². The van der Waals surface area contributed by atoms with Crippen molar-refractivity contribution in [2.24, 2.45) is 5.73 Å². The van der Waals surface area contributed by atoms with E-state index in [1.54, 1.807) is 12.4 Å². The van der Waals surface area contributed by atoms with E-state index < -0.39 is 0 Å². The van der Waals surface area contributed by atoms with Gasteiger partial charge in [0.15, 0.2) is 0 Å². The molecule has 0 amide bonds. The Kier molecular flexibility index (Phi) is 3.71. The number of hydrogen-bond acceptors (Lipinski definition) is 4. The average molecular weight is 293 g/mol. The number of hydrogen-bond donors (Lipinski definition) is 1. The van der Waals surface area contributed by atoms with Gasteiger partial charge in [0.25, 0.3) is 0 Å². The second kappa shape index (κ2) is 5.25. The Morgan fingerprint density at radius 1 is 1.29 bits per heavy atom. The molecule has 0 aliphatic heterocycles. The minimum atomic E-state index is 0.531. The highest BCUT2D eigenvalue weighted by Gasteiger charge is 2.06. The summed E-state index contributed by atoms with van der Waals surface area (Å²) in [6.45, 7) is 0.531. The van der Waals surface area contributed by atoms with Crippen LogP contribution in [0.15, 0.2) is 41.1 Å². The van der Waals surface area contributed by atoms with E-state index in [1.807, 2.05) is 36.2 Å². The van der Waals surface area contributed by atoms with E-state index in [4.69, 9.17) is 5.73 Å². The van der Waals surface area contributed by atoms with E-state index in [2.05, 4.69) is 25.9 Å². The minimum absolute atomic E-state index is 0.531. The van der Waals surface area contributed by atoms with Gasteiger partial charge in [-0.05, 0) is 33.6 Å². The molecule has 5 heteroatoms. The van der Waals surface area contributed by atoms with Crippen LogP contribution < -0.4 is 10.6 Å². The lowest BCUT2D eigenvalue weighted by atomic mass is 10.2. The van der Waals surface area contributed by atoms with Crippen molar-refractivity contribution in [3.8, 4) is 0 Å². The molecular weight excluding hydrogens is 280 g/mol. The van der Waals surface area contributed by atoms with Crippen LogP contribution in [0.2, 0.25) is 0 Å². The SMILES string of the molecule is CN(c1cccc(CN)c1)c1ncc(Br)cn1. The first kappa shape index (κ1) is 12.0. The molecule has 0 saturated carbocycles. The summed E-state index contributed by atoms with van der Waals surface area (Å²) in [4.78, 5) is 10.4. The first-order chi connectivity index (χ1) is 8.20. The lowest BCUT2D eigenvalue weighted by Gasteiger charge is -2.17. The molecule has 1 heterocycles. The molecule has 17 heavy (non-hydrogen) atoms. The predicted molar refractivity (Wildman–Crippen MR) is 72.1 cm³/mol. The Bertz CT molecular complexity index is 498. The largest absolute Gasteiger partial charge is 0.326 e. The Morgan fingerprint density at radius 3 is 2.65 bits per heavy atom. The molecule has 1 aromatic carbocycles. The van der Waals surface area contributed by atoms with Gasteiger partial charge in [0, 0.05) is 31.7 Å². The monoisotopic (exact) mass is 292 g/mol. The number of benzene rings is 1. The maximum atomic E-state index is 5.62. The summed E-state index contributed by atoms with van der Waals surface area (Å²) in [5.41, 5.74) is 7.73. The predicted octanol–water partition coefficient (Wildman–Crippen LogP) is 2.47. The summed E-state index contributed by atoms with van der Waals surface area (Å²) in [7, 11) is 1.93. The molecule has 0 aliphatic rings. The van der Waals surface area contributed by atoms with Gasteiger partial charge in [-0.3, -0.25) is 0 Å². The van der Waals surface area contributed by atoms with Crippen LogP contribution in [0.3, 0.4) is 0 Å². The van der Waals surface area contributed by atoms with Gasteiger partial charge < -0.3 is 10.6 Å². The number of anilines is 2. The van der Waals surface area contributed by atoms with Crippen LogP contribution >= 0.6 is 15.9 Å². The van der Waals surface area contributed by atoms with E-state index in [0.717, 1.165) is 15.7 Å². The van der Waals surface area contributed by atoms with Gasteiger partial charge >= 0.3 is 0 Å². The highest BCUT2D eigenvalue weighted by atomic mass is 79.9. The van der Waals surface area contributed by atoms with Crippen LogP contribution in [0.5, 0.6) is 0 Å². The molecule has 0 aliphatic carbocycles. The third-order valence-corrected chi connectivity index (χ3v) is 2.85. The molecule has 2 rings (SSSR count). The van der Waals surface area contributed by atoms with Crippen molar-refractivity contribution in [1.29, 1.82) is 0 Å². The van der Waals surface area contributed by atoms with Crippen molar-refractivity contribution in [3.63, 3.8) is 0 Å². The number of rotatable bonds is 3. The molecule has 0 fully saturated rings. The first-order valence-electron chi connectivity index (χ1n) is 5.21. The number of halogens is 1. The summed E-state index contributed by atoms with van der Waals surface area (Å²) in [5.74, 6) is 0.655. The molecule has 4 nitrogen and oxygen atoms in total. The van der Waals surface area contributed by atoms with Crippen molar-refractivity contribution in [2.75, 3.05) is 11.9 Å². The van der Waals surface area contributed by atoms with Gasteiger partial charge in [0.05, 0.1) is 4.47 Å². The van der Waals surface area contributed by atoms with Gasteiger partial charge in [-0.2, -0.15) is 0 Å². The van der Waals surface area contributed by atoms with Crippen molar-refractivity contribution in [3.05, 3.63) is 46.7 Å². The summed E-state index contributed by atoms with van der Waals surface area (Å²) in [6, 6.07) is 8.02. The molecule has 88 valence electrons. The fraction of sp³-hybridized carbons (Fsp3) is 0.167. The summed E-state index contributed by atoms with van der Waals surface area (Å²) >= 11 is 3.31. The zero-order chi connectivity index (χ0) is 12.3. The summed E-state index contributed by atoms with van der Waals surface area (Å²) in [5, 5.41) is 0. The molecule has 2 aromatic rings. The Hall–Kier alpha value is -1.46. The van der Waals surface area contributed by atoms with Crippen molar-refractivity contribution < 1.29 is 0 Å². The zero-order valence-electron chi connectivity index (χ0n) is 9.47. The van der Waals surface area contributed by atoms with Crippen LogP contribution in [-0.2, 0) is 6.54 Å². The van der Waals surface area contributed by atoms with Crippen LogP contribution in [0, 0.1) is 0 Å². The van der Waals surface area contributed by atoms with Crippen LogP contribution in [0.4, 0.5) is 11.6 Å². The van der Waals surface area contributed by atoms with Crippen molar-refractivity contribution in [1.82, 2.24) is 9.97 Å². The topological polar surface area (TPSA) is 55.0 Å². The molecule has 0 spiro atoms. The Balaban J connectivity index is 2.29. The molecule has 0 radical (unpaired) electrons. The molecule has 0 bridgehead atoms. The smallest absolute Gasteiger partial charge is 0.229 e. The summed E-state index contributed by atoms with van der Waals surface area (Å²) < 4.78 is 0.866. The highest BCUT2D eigenvalue weighted by Crippen LogP contribution is 2.21. The van der Waals surface area contributed by atoms with Gasteiger partial charge in [0.2, 0.25) is 5.95 Å². The fourth-order valence-electron chi connectivity index (χ4n) is 1.49. The Morgan fingerprint density at radius 2 is 2.00 bits per heavy atom. The quantitative estimate of drug-likeness (QED) is 0.944. The third kappa shape index (κ3) is 2.81. The molecule has 0 atom stereocenters. The average Bonchev–Trinajstić information content (AvgIpc) is 2.39. The van der Waals surface area contributed by atoms with Gasteiger partial charge in [-0.1, -0.05) is 12.1 Å². The van der Waals surface area contributed by atoms with Gasteiger partial charge in [-0.25, -0.2) is 9.97 Å². The van der Waals surface area contributed by atoms with E-state index >= 15 is 0 Å². The maximum Gasteiger partial charge on any atom is 0.229 e. The Labute approximate surface area is 109 Å². The van der Waals surface area contributed by atoms with Gasteiger partial charge in [0.1, 0.15) is 0 Å². The molecule has 0 saturated heterocycles. The zero-order valence-corrected chi connectivity index (χ0v) is 11.1. The molecular formula is C12H13BrN4. The normalized spacial score (nSPS) is 10.3. The minimum Gasteiger partial charge on any atom is -0.326 e. The van der Waals surface area contributed by atoms with Crippen molar-refractivity contribution >= 4 is 27.6 Å². The second-order valence-electron chi connectivity index (χ2n) is 3.63. The van der Waals surface area contributed by atoms with E-state index in [9.17, 15) is 0 Å². The van der Waals surface area contributed by atoms with Gasteiger partial charge in [-0.15, -0.1) is 0 Å². The highest BCUT2D eigenvalue weighted by molar-refractivity contribution is 9.10. The lowest BCUT2D eigenvalue weighted by molar-refractivity contribution is 1.02. The van der Waals surface area contributed by atoms with Crippen LogP contribution in [-0.4, -0.2) is 17.0 Å². The molecule has 2 N–H and O–H groups in total. The van der Waals surface area contributed by atoms with Crippen LogP contribution in [0.25, 0.3) is 0 Å². The third-order valence-electron chi connectivity index (χ3n) is 2.44. The number of nitrogens with zero attached hydrogens (tertiary/aromatic N) is 3. The lowest BCUT2D eigenvalue weighted by Crippen LogP contribution is -2.13. The fourth-order valence-corrected chi connectivity index (χ4v) is 1.69. The van der Waals surface area contributed by atoms with E-state index in [1.165, 1.54) is 0 Å². The van der Waals surface area contributed by atoms with Crippen molar-refractivity contribution in [2.45, 2.75) is 6.54 Å². The standard InChI is InChI=1S/C12H13BrN4/c1-17(12-15-7-10(13)8-16-12)11-4-2-3-9(5-11)6-14/h2-5,7-8H,6,14H2,1H3. The molecule has 1 aromatic heterocycles. The second-order valence-corrected chi connectivity index (χ2v) is 4.55. The number of aromatic nitrogens is 2. The summed E-state index contributed by atoms with van der Waals surface area (Å²) in [6.07, 6.45) is 3.46. The maximum absolute atomic E-state index is 5.62. The van der Waals surface area contributed by atoms with E-state index in [0.29, 0.717) is 12.5 Å². The van der Waals surface area contributed by atoms with E-state index in [-0.39, 0.29) is 0 Å².